The van der Waals surface area contributed by atoms with Crippen LogP contribution < -0.4 is 4.74 Å². The molecule has 2 aromatic rings. The van der Waals surface area contributed by atoms with E-state index in [1.165, 1.54) is 31.4 Å². The van der Waals surface area contributed by atoms with E-state index in [0.29, 0.717) is 11.3 Å². The van der Waals surface area contributed by atoms with Crippen LogP contribution in [0, 0.1) is 5.82 Å². The van der Waals surface area contributed by atoms with Gasteiger partial charge in [-0.1, -0.05) is 5.16 Å². The largest absolute Gasteiger partial charge is 0.496 e. The van der Waals surface area contributed by atoms with Crippen LogP contribution in [0.2, 0.25) is 0 Å². The molecule has 19 heavy (non-hydrogen) atoms. The first kappa shape index (κ1) is 13.1. The highest BCUT2D eigenvalue weighted by atomic mass is 19.1. The van der Waals surface area contributed by atoms with Crippen LogP contribution in [0.1, 0.15) is 17.4 Å². The fourth-order valence-electron chi connectivity index (χ4n) is 1.58. The Morgan fingerprint density at radius 1 is 1.42 bits per heavy atom. The fraction of sp³-hybridized carbons (Fsp3) is 0.231. The van der Waals surface area contributed by atoms with Gasteiger partial charge < -0.3 is 14.0 Å². The van der Waals surface area contributed by atoms with Gasteiger partial charge >= 0.3 is 5.97 Å². The average molecular weight is 265 g/mol. The SMILES string of the molecule is CCOC(=O)c1cc(-c2cc(F)ccc2OC)on1. The van der Waals surface area contributed by atoms with Gasteiger partial charge in [0.1, 0.15) is 11.6 Å². The standard InChI is InChI=1S/C13H12FNO4/c1-3-18-13(16)10-7-12(19-15-10)9-6-8(14)4-5-11(9)17-2/h4-7H,3H2,1-2H3. The molecule has 0 fully saturated rings. The number of carbonyl (C=O) groups excluding carboxylic acids is 1. The van der Waals surface area contributed by atoms with Crippen LogP contribution in [0.5, 0.6) is 5.75 Å². The number of esters is 1. The van der Waals surface area contributed by atoms with Crippen LogP contribution in [0.25, 0.3) is 11.3 Å². The second-order valence-electron chi connectivity index (χ2n) is 3.64. The number of hydrogen-bond acceptors (Lipinski definition) is 5. The van der Waals surface area contributed by atoms with Crippen molar-refractivity contribution in [1.29, 1.82) is 0 Å². The van der Waals surface area contributed by atoms with E-state index >= 15 is 0 Å². The number of carbonyl (C=O) groups is 1. The Labute approximate surface area is 108 Å². The summed E-state index contributed by atoms with van der Waals surface area (Å²) in [6.45, 7) is 1.93. The molecule has 5 nitrogen and oxygen atoms in total. The van der Waals surface area contributed by atoms with Gasteiger partial charge in [-0.15, -0.1) is 0 Å². The zero-order valence-electron chi connectivity index (χ0n) is 10.5. The van der Waals surface area contributed by atoms with Crippen LogP contribution in [0.15, 0.2) is 28.8 Å². The van der Waals surface area contributed by atoms with Crippen molar-refractivity contribution in [1.82, 2.24) is 5.16 Å². The molecule has 0 N–H and O–H groups in total. The minimum Gasteiger partial charge on any atom is -0.496 e. The quantitative estimate of drug-likeness (QED) is 0.795. The summed E-state index contributed by atoms with van der Waals surface area (Å²) in [4.78, 5) is 11.5. The van der Waals surface area contributed by atoms with Crippen LogP contribution in [-0.4, -0.2) is 24.8 Å². The van der Waals surface area contributed by atoms with Gasteiger partial charge in [-0.05, 0) is 25.1 Å². The third-order valence-electron chi connectivity index (χ3n) is 2.42. The Kier molecular flexibility index (Phi) is 3.79. The van der Waals surface area contributed by atoms with E-state index in [0.717, 1.165) is 0 Å². The molecule has 0 spiro atoms. The molecule has 2 rings (SSSR count). The van der Waals surface area contributed by atoms with E-state index in [1.807, 2.05) is 0 Å². The zero-order valence-corrected chi connectivity index (χ0v) is 10.5. The number of methoxy groups -OCH3 is 1. The Morgan fingerprint density at radius 3 is 2.89 bits per heavy atom. The van der Waals surface area contributed by atoms with Gasteiger partial charge in [-0.25, -0.2) is 9.18 Å². The summed E-state index contributed by atoms with van der Waals surface area (Å²) in [6, 6.07) is 5.37. The number of aromatic nitrogens is 1. The molecule has 0 atom stereocenters. The summed E-state index contributed by atoms with van der Waals surface area (Å²) in [7, 11) is 1.46. The lowest BCUT2D eigenvalue weighted by molar-refractivity contribution is 0.0514. The molecule has 6 heteroatoms. The van der Waals surface area contributed by atoms with Gasteiger partial charge in [0, 0.05) is 6.07 Å². The molecule has 1 heterocycles. The van der Waals surface area contributed by atoms with Crippen LogP contribution >= 0.6 is 0 Å². The lowest BCUT2D eigenvalue weighted by Crippen LogP contribution is -2.04. The fourth-order valence-corrected chi connectivity index (χ4v) is 1.58. The number of hydrogen-bond donors (Lipinski definition) is 0. The van der Waals surface area contributed by atoms with Gasteiger partial charge in [-0.3, -0.25) is 0 Å². The minimum atomic E-state index is -0.590. The number of halogens is 1. The highest BCUT2D eigenvalue weighted by Crippen LogP contribution is 2.31. The van der Waals surface area contributed by atoms with Gasteiger partial charge in [-0.2, -0.15) is 0 Å². The molecule has 100 valence electrons. The van der Waals surface area contributed by atoms with E-state index in [2.05, 4.69) is 5.16 Å². The maximum absolute atomic E-state index is 13.2. The molecular weight excluding hydrogens is 253 g/mol. The van der Waals surface area contributed by atoms with E-state index in [1.54, 1.807) is 6.92 Å². The third kappa shape index (κ3) is 2.73. The topological polar surface area (TPSA) is 61.6 Å². The van der Waals surface area contributed by atoms with E-state index in [-0.39, 0.29) is 18.1 Å². The smallest absolute Gasteiger partial charge is 0.360 e. The van der Waals surface area contributed by atoms with Crippen molar-refractivity contribution in [3.05, 3.63) is 35.8 Å². The van der Waals surface area contributed by atoms with E-state index in [9.17, 15) is 9.18 Å². The molecule has 0 saturated heterocycles. The molecule has 1 aromatic heterocycles. The van der Waals surface area contributed by atoms with Crippen molar-refractivity contribution in [2.24, 2.45) is 0 Å². The predicted octanol–water partition coefficient (Wildman–Crippen LogP) is 2.67. The second-order valence-corrected chi connectivity index (χ2v) is 3.64. The second kappa shape index (κ2) is 5.51. The molecule has 0 unspecified atom stereocenters. The summed E-state index contributed by atoms with van der Waals surface area (Å²) in [6.07, 6.45) is 0. The molecule has 0 aliphatic rings. The predicted molar refractivity (Wildman–Crippen MR) is 64.4 cm³/mol. The number of rotatable bonds is 4. The first-order valence-corrected chi connectivity index (χ1v) is 5.63. The van der Waals surface area contributed by atoms with Crippen molar-refractivity contribution >= 4 is 5.97 Å². The summed E-state index contributed by atoms with van der Waals surface area (Å²) in [5, 5.41) is 3.59. The Balaban J connectivity index is 2.37. The molecule has 0 saturated carbocycles. The minimum absolute atomic E-state index is 0.0307. The van der Waals surface area contributed by atoms with Crippen molar-refractivity contribution in [2.75, 3.05) is 13.7 Å². The first-order chi connectivity index (χ1) is 9.15. The van der Waals surface area contributed by atoms with Crippen molar-refractivity contribution in [3.63, 3.8) is 0 Å². The van der Waals surface area contributed by atoms with E-state index in [4.69, 9.17) is 14.0 Å². The monoisotopic (exact) mass is 265 g/mol. The molecule has 0 aliphatic carbocycles. The number of benzene rings is 1. The van der Waals surface area contributed by atoms with Gasteiger partial charge in [0.05, 0.1) is 19.3 Å². The average Bonchev–Trinajstić information content (AvgIpc) is 2.88. The summed E-state index contributed by atoms with van der Waals surface area (Å²) < 4.78 is 28.2. The molecule has 0 radical (unpaired) electrons. The first-order valence-electron chi connectivity index (χ1n) is 5.63. The summed E-state index contributed by atoms with van der Waals surface area (Å²) in [5.41, 5.74) is 0.411. The third-order valence-corrected chi connectivity index (χ3v) is 2.42. The van der Waals surface area contributed by atoms with Crippen LogP contribution in [0.3, 0.4) is 0 Å². The molecule has 0 aliphatic heterocycles. The highest BCUT2D eigenvalue weighted by molar-refractivity contribution is 5.88. The summed E-state index contributed by atoms with van der Waals surface area (Å²) in [5.74, 6) is -0.370. The van der Waals surface area contributed by atoms with Gasteiger partial charge in [0.25, 0.3) is 0 Å². The molecule has 0 bridgehead atoms. The molecule has 0 amide bonds. The highest BCUT2D eigenvalue weighted by Gasteiger charge is 2.17. The number of ether oxygens (including phenoxy) is 2. The summed E-state index contributed by atoms with van der Waals surface area (Å²) >= 11 is 0. The lowest BCUT2D eigenvalue weighted by Gasteiger charge is -2.04. The maximum Gasteiger partial charge on any atom is 0.360 e. The Morgan fingerprint density at radius 2 is 2.21 bits per heavy atom. The van der Waals surface area contributed by atoms with Crippen molar-refractivity contribution in [3.8, 4) is 17.1 Å². The lowest BCUT2D eigenvalue weighted by atomic mass is 10.1. The van der Waals surface area contributed by atoms with Crippen LogP contribution in [-0.2, 0) is 4.74 Å². The Hall–Kier alpha value is -2.37. The zero-order chi connectivity index (χ0) is 13.8. The van der Waals surface area contributed by atoms with Crippen molar-refractivity contribution in [2.45, 2.75) is 6.92 Å². The van der Waals surface area contributed by atoms with Gasteiger partial charge in [0.2, 0.25) is 0 Å². The van der Waals surface area contributed by atoms with Gasteiger partial charge in [0.15, 0.2) is 11.5 Å². The molecular formula is C13H12FNO4. The van der Waals surface area contributed by atoms with Crippen LogP contribution in [0.4, 0.5) is 4.39 Å². The molecule has 1 aromatic carbocycles. The normalized spacial score (nSPS) is 10.3. The van der Waals surface area contributed by atoms with Crippen molar-refractivity contribution < 1.29 is 23.2 Å². The Bertz CT molecular complexity index is 594. The van der Waals surface area contributed by atoms with E-state index < -0.39 is 11.8 Å². The number of nitrogens with zero attached hydrogens (tertiary/aromatic N) is 1. The maximum atomic E-state index is 13.2.